The summed E-state index contributed by atoms with van der Waals surface area (Å²) < 4.78 is 8.96. The summed E-state index contributed by atoms with van der Waals surface area (Å²) in [6, 6.07) is 11.5. The van der Waals surface area contributed by atoms with Crippen molar-refractivity contribution in [1.29, 1.82) is 0 Å². The Kier molecular flexibility index (Phi) is 7.93. The van der Waals surface area contributed by atoms with Gasteiger partial charge in [0.2, 0.25) is 5.95 Å². The molecule has 6 rings (SSSR count). The van der Waals surface area contributed by atoms with Crippen LogP contribution in [0.4, 0.5) is 17.3 Å². The Hall–Kier alpha value is -4.22. The van der Waals surface area contributed by atoms with E-state index in [0.717, 1.165) is 24.5 Å². The third-order valence-electron chi connectivity index (χ3n) is 9.22. The second kappa shape index (κ2) is 11.7. The molecule has 232 valence electrons. The van der Waals surface area contributed by atoms with Crippen molar-refractivity contribution in [1.82, 2.24) is 29.2 Å². The van der Waals surface area contributed by atoms with Crippen molar-refractivity contribution in [3.05, 3.63) is 71.3 Å². The number of aliphatic hydroxyl groups is 1. The topological polar surface area (TPSA) is 114 Å². The minimum atomic E-state index is -1.16. The molecule has 2 saturated heterocycles. The highest BCUT2D eigenvalue weighted by atomic mass is 16.5. The molecule has 1 spiro atoms. The van der Waals surface area contributed by atoms with E-state index >= 15 is 0 Å². The minimum absolute atomic E-state index is 0.246. The summed E-state index contributed by atoms with van der Waals surface area (Å²) in [5, 5.41) is 14.2. The Morgan fingerprint density at radius 1 is 1.09 bits per heavy atom. The first-order chi connectivity index (χ1) is 21.1. The number of hydrogen-bond donors (Lipinski definition) is 2. The van der Waals surface area contributed by atoms with E-state index in [1.54, 1.807) is 49.9 Å². The molecule has 0 aliphatic carbocycles. The smallest absolute Gasteiger partial charge is 0.278 e. The fourth-order valence-corrected chi connectivity index (χ4v) is 6.42. The summed E-state index contributed by atoms with van der Waals surface area (Å²) in [6.45, 7) is 11.9. The van der Waals surface area contributed by atoms with E-state index in [2.05, 4.69) is 50.8 Å². The van der Waals surface area contributed by atoms with Crippen LogP contribution in [-0.4, -0.2) is 74.7 Å². The maximum Gasteiger partial charge on any atom is 0.278 e. The van der Waals surface area contributed by atoms with E-state index in [0.29, 0.717) is 39.7 Å². The summed E-state index contributed by atoms with van der Waals surface area (Å²) in [5.41, 5.74) is 1.80. The number of aromatic nitrogens is 5. The second-order valence-corrected chi connectivity index (χ2v) is 12.7. The fourth-order valence-electron chi connectivity index (χ4n) is 6.42. The summed E-state index contributed by atoms with van der Waals surface area (Å²) in [4.78, 5) is 32.1. The molecule has 2 fully saturated rings. The quantitative estimate of drug-likeness (QED) is 0.284. The van der Waals surface area contributed by atoms with Gasteiger partial charge in [0.15, 0.2) is 11.5 Å². The molecular weight excluding hydrogens is 556 g/mol. The van der Waals surface area contributed by atoms with Gasteiger partial charge >= 0.3 is 0 Å². The average Bonchev–Trinajstić information content (AvgIpc) is 3.29. The molecule has 44 heavy (non-hydrogen) atoms. The highest BCUT2D eigenvalue weighted by Gasteiger charge is 2.37. The van der Waals surface area contributed by atoms with Crippen LogP contribution in [0.2, 0.25) is 0 Å². The first-order valence-corrected chi connectivity index (χ1v) is 15.3. The van der Waals surface area contributed by atoms with Gasteiger partial charge in [-0.1, -0.05) is 12.1 Å². The lowest BCUT2D eigenvalue weighted by Crippen LogP contribution is -2.46. The van der Waals surface area contributed by atoms with E-state index in [-0.39, 0.29) is 12.1 Å². The molecule has 0 atom stereocenters. The van der Waals surface area contributed by atoms with Crippen LogP contribution in [0, 0.1) is 5.41 Å². The maximum absolute atomic E-state index is 13.4. The zero-order valence-electron chi connectivity index (χ0n) is 26.1. The molecule has 5 heterocycles. The van der Waals surface area contributed by atoms with Crippen molar-refractivity contribution in [3.63, 3.8) is 0 Å². The number of allylic oxidation sites excluding steroid dienone is 1. The summed E-state index contributed by atoms with van der Waals surface area (Å²) in [6.07, 6.45) is 8.19. The van der Waals surface area contributed by atoms with Crippen molar-refractivity contribution in [3.8, 4) is 11.6 Å². The molecular formula is C33H42N8O3. The van der Waals surface area contributed by atoms with Gasteiger partial charge in [0.1, 0.15) is 16.7 Å². The number of rotatable bonds is 8. The zero-order valence-corrected chi connectivity index (χ0v) is 26.1. The standard InChI is InChI=1S/C33H42N8O3/c1-6-16-40-30(42)24-22-34-31(37-29(24)41(40)28-9-7-8-27(36-28)32(2,3)43)35-25-11-10-23(21-26(25)44-5)39-19-14-33(15-20-39)12-17-38(4)18-13-33/h6-11,21-22,43H,1,12-20H2,2-5H3,(H,34,35,37). The van der Waals surface area contributed by atoms with Gasteiger partial charge in [0, 0.05) is 31.0 Å². The predicted molar refractivity (Wildman–Crippen MR) is 173 cm³/mol. The van der Waals surface area contributed by atoms with Crippen LogP contribution in [0.15, 0.2) is 60.0 Å². The largest absolute Gasteiger partial charge is 0.494 e. The normalized spacial score (nSPS) is 17.2. The first kappa shape index (κ1) is 29.8. The summed E-state index contributed by atoms with van der Waals surface area (Å²) >= 11 is 0. The van der Waals surface area contributed by atoms with Gasteiger partial charge in [0.25, 0.3) is 5.56 Å². The van der Waals surface area contributed by atoms with Gasteiger partial charge in [-0.3, -0.25) is 4.79 Å². The summed E-state index contributed by atoms with van der Waals surface area (Å²) in [5.74, 6) is 1.45. The van der Waals surface area contributed by atoms with Gasteiger partial charge < -0.3 is 25.0 Å². The minimum Gasteiger partial charge on any atom is -0.494 e. The number of pyridine rings is 1. The van der Waals surface area contributed by atoms with Crippen molar-refractivity contribution >= 4 is 28.4 Å². The first-order valence-electron chi connectivity index (χ1n) is 15.3. The molecule has 2 aliphatic rings. The van der Waals surface area contributed by atoms with Crippen molar-refractivity contribution in [2.24, 2.45) is 5.41 Å². The highest BCUT2D eigenvalue weighted by Crippen LogP contribution is 2.42. The van der Waals surface area contributed by atoms with E-state index < -0.39 is 5.60 Å². The Balaban J connectivity index is 1.29. The van der Waals surface area contributed by atoms with Crippen LogP contribution in [-0.2, 0) is 12.1 Å². The number of fused-ring (bicyclic) bond motifs is 1. The van der Waals surface area contributed by atoms with Crippen LogP contribution in [0.5, 0.6) is 5.75 Å². The number of piperidine rings is 2. The van der Waals surface area contributed by atoms with Gasteiger partial charge in [-0.05, 0) is 89.3 Å². The number of anilines is 3. The zero-order chi connectivity index (χ0) is 31.1. The SMILES string of the molecule is C=CCn1c(=O)c2cnc(Nc3ccc(N4CCC5(CCN(C)CC5)CC4)cc3OC)nc2n1-c1cccc(C(C)(C)O)n1. The molecule has 2 N–H and O–H groups in total. The lowest BCUT2D eigenvalue weighted by molar-refractivity contribution is 0.0738. The highest BCUT2D eigenvalue weighted by molar-refractivity contribution is 5.77. The molecule has 2 aliphatic heterocycles. The van der Waals surface area contributed by atoms with Gasteiger partial charge in [0.05, 0.1) is 25.0 Å². The predicted octanol–water partition coefficient (Wildman–Crippen LogP) is 4.46. The van der Waals surface area contributed by atoms with Crippen molar-refractivity contribution in [2.75, 3.05) is 50.6 Å². The number of hydrogen-bond acceptors (Lipinski definition) is 9. The molecule has 0 radical (unpaired) electrons. The van der Waals surface area contributed by atoms with E-state index in [4.69, 9.17) is 9.72 Å². The second-order valence-electron chi connectivity index (χ2n) is 12.7. The van der Waals surface area contributed by atoms with Gasteiger partial charge in [-0.25, -0.2) is 19.3 Å². The Morgan fingerprint density at radius 2 is 1.82 bits per heavy atom. The van der Waals surface area contributed by atoms with Crippen LogP contribution >= 0.6 is 0 Å². The average molecular weight is 599 g/mol. The molecule has 0 unspecified atom stereocenters. The lowest BCUT2D eigenvalue weighted by Gasteiger charge is -2.47. The number of benzene rings is 1. The fraction of sp³-hybridized carbons (Fsp3) is 0.455. The van der Waals surface area contributed by atoms with E-state index in [9.17, 15) is 9.90 Å². The molecule has 0 amide bonds. The molecule has 11 heteroatoms. The summed E-state index contributed by atoms with van der Waals surface area (Å²) in [7, 11) is 3.88. The Morgan fingerprint density at radius 3 is 2.50 bits per heavy atom. The van der Waals surface area contributed by atoms with Gasteiger partial charge in [-0.2, -0.15) is 4.98 Å². The Labute approximate surface area is 257 Å². The van der Waals surface area contributed by atoms with E-state index in [1.807, 2.05) is 6.07 Å². The molecule has 4 aromatic rings. The monoisotopic (exact) mass is 598 g/mol. The van der Waals surface area contributed by atoms with Gasteiger partial charge in [-0.15, -0.1) is 6.58 Å². The van der Waals surface area contributed by atoms with E-state index in [1.165, 1.54) is 49.7 Å². The molecule has 0 saturated carbocycles. The maximum atomic E-state index is 13.4. The van der Waals surface area contributed by atoms with Crippen LogP contribution < -0.4 is 20.5 Å². The number of nitrogens with one attached hydrogen (secondary N) is 1. The number of methoxy groups -OCH3 is 1. The number of ether oxygens (including phenoxy) is 1. The van der Waals surface area contributed by atoms with Crippen molar-refractivity contribution in [2.45, 2.75) is 51.7 Å². The van der Waals surface area contributed by atoms with Crippen LogP contribution in [0.3, 0.4) is 0 Å². The molecule has 1 aromatic carbocycles. The Bertz CT molecular complexity index is 1720. The van der Waals surface area contributed by atoms with Crippen LogP contribution in [0.1, 0.15) is 45.2 Å². The van der Waals surface area contributed by atoms with Crippen molar-refractivity contribution < 1.29 is 9.84 Å². The van der Waals surface area contributed by atoms with Crippen LogP contribution in [0.25, 0.3) is 16.9 Å². The molecule has 3 aromatic heterocycles. The lowest BCUT2D eigenvalue weighted by atomic mass is 9.71. The third kappa shape index (κ3) is 5.69. The molecule has 11 nitrogen and oxygen atoms in total. The third-order valence-corrected chi connectivity index (χ3v) is 9.22. The number of likely N-dealkylation sites (tertiary alicyclic amines) is 1. The molecule has 0 bridgehead atoms. The number of nitrogens with zero attached hydrogens (tertiary/aromatic N) is 7.